The summed E-state index contributed by atoms with van der Waals surface area (Å²) in [6, 6.07) is 17.2. The minimum atomic E-state index is -0.216. The van der Waals surface area contributed by atoms with Gasteiger partial charge in [-0.15, -0.1) is 0 Å². The molecule has 0 saturated carbocycles. The minimum Gasteiger partial charge on any atom is -0.493 e. The van der Waals surface area contributed by atoms with Gasteiger partial charge in [-0.05, 0) is 29.8 Å². The molecular weight excluding hydrogens is 328 g/mol. The largest absolute Gasteiger partial charge is 0.493 e. The van der Waals surface area contributed by atoms with Crippen LogP contribution in [0.5, 0.6) is 5.75 Å². The molecule has 1 aliphatic rings. The van der Waals surface area contributed by atoms with Gasteiger partial charge < -0.3 is 15.4 Å². The zero-order valence-electron chi connectivity index (χ0n) is 14.3. The Morgan fingerprint density at radius 1 is 1.15 bits per heavy atom. The van der Waals surface area contributed by atoms with Crippen molar-refractivity contribution in [3.05, 3.63) is 78.1 Å². The van der Waals surface area contributed by atoms with Crippen molar-refractivity contribution in [2.45, 2.75) is 19.0 Å². The molecule has 0 bridgehead atoms. The maximum absolute atomic E-state index is 12.4. The van der Waals surface area contributed by atoms with Gasteiger partial charge in [0.05, 0.1) is 19.2 Å². The fourth-order valence-electron chi connectivity index (χ4n) is 3.09. The molecule has 0 fully saturated rings. The minimum absolute atomic E-state index is 0.0426. The van der Waals surface area contributed by atoms with Crippen LogP contribution < -0.4 is 15.4 Å². The van der Waals surface area contributed by atoms with Crippen LogP contribution in [0.25, 0.3) is 0 Å². The molecule has 1 aliphatic heterocycles. The number of urea groups is 1. The molecule has 1 unspecified atom stereocenters. The van der Waals surface area contributed by atoms with E-state index in [1.165, 1.54) is 0 Å². The Hall–Kier alpha value is -3.28. The molecule has 0 saturated heterocycles. The van der Waals surface area contributed by atoms with Crippen LogP contribution in [0.4, 0.5) is 10.5 Å². The van der Waals surface area contributed by atoms with Crippen LogP contribution in [0, 0.1) is 0 Å². The van der Waals surface area contributed by atoms with Gasteiger partial charge in [0.2, 0.25) is 0 Å². The van der Waals surface area contributed by atoms with Gasteiger partial charge in [-0.2, -0.15) is 5.10 Å². The van der Waals surface area contributed by atoms with Crippen molar-refractivity contribution in [3.63, 3.8) is 0 Å². The molecule has 0 radical (unpaired) electrons. The van der Waals surface area contributed by atoms with Crippen molar-refractivity contribution in [2.24, 2.45) is 0 Å². The molecule has 6 nitrogen and oxygen atoms in total. The predicted octanol–water partition coefficient (Wildman–Crippen LogP) is 3.58. The van der Waals surface area contributed by atoms with Gasteiger partial charge in [0.25, 0.3) is 0 Å². The Morgan fingerprint density at radius 2 is 2.00 bits per heavy atom. The van der Waals surface area contributed by atoms with Gasteiger partial charge in [-0.1, -0.05) is 30.3 Å². The summed E-state index contributed by atoms with van der Waals surface area (Å²) in [5.41, 5.74) is 2.90. The number of hydrogen-bond donors (Lipinski definition) is 2. The lowest BCUT2D eigenvalue weighted by Crippen LogP contribution is -2.35. The van der Waals surface area contributed by atoms with Gasteiger partial charge in [-0.25, -0.2) is 4.79 Å². The number of anilines is 1. The SMILES string of the molecule is O=C(Nc1ccc(Cn2cccn2)cc1)NC1CCOc2ccccc21. The number of ether oxygens (including phenoxy) is 1. The van der Waals surface area contributed by atoms with E-state index in [4.69, 9.17) is 4.74 Å². The monoisotopic (exact) mass is 348 g/mol. The first-order valence-corrected chi connectivity index (χ1v) is 8.63. The lowest BCUT2D eigenvalue weighted by atomic mass is 10.0. The molecule has 4 rings (SSSR count). The third kappa shape index (κ3) is 3.69. The van der Waals surface area contributed by atoms with Gasteiger partial charge in [0.15, 0.2) is 0 Å². The predicted molar refractivity (Wildman–Crippen MR) is 99.2 cm³/mol. The quantitative estimate of drug-likeness (QED) is 0.757. The number of benzene rings is 2. The number of amides is 2. The molecule has 132 valence electrons. The summed E-state index contributed by atoms with van der Waals surface area (Å²) in [6.07, 6.45) is 4.44. The average Bonchev–Trinajstić information content (AvgIpc) is 3.17. The second-order valence-corrected chi connectivity index (χ2v) is 6.23. The van der Waals surface area contributed by atoms with Crippen LogP contribution >= 0.6 is 0 Å². The van der Waals surface area contributed by atoms with Crippen molar-refractivity contribution in [3.8, 4) is 5.75 Å². The van der Waals surface area contributed by atoms with Gasteiger partial charge >= 0.3 is 6.03 Å². The number of aromatic nitrogens is 2. The number of carbonyl (C=O) groups is 1. The van der Waals surface area contributed by atoms with Crippen molar-refractivity contribution in [2.75, 3.05) is 11.9 Å². The number of nitrogens with zero attached hydrogens (tertiary/aromatic N) is 2. The first-order valence-electron chi connectivity index (χ1n) is 8.63. The van der Waals surface area contributed by atoms with E-state index in [2.05, 4.69) is 15.7 Å². The Balaban J connectivity index is 1.36. The highest BCUT2D eigenvalue weighted by molar-refractivity contribution is 5.89. The van der Waals surface area contributed by atoms with Crippen LogP contribution in [-0.4, -0.2) is 22.4 Å². The summed E-state index contributed by atoms with van der Waals surface area (Å²) in [7, 11) is 0. The Labute approximate surface area is 151 Å². The Bertz CT molecular complexity index is 875. The Morgan fingerprint density at radius 3 is 2.81 bits per heavy atom. The van der Waals surface area contributed by atoms with E-state index in [0.29, 0.717) is 13.2 Å². The average molecular weight is 348 g/mol. The van der Waals surface area contributed by atoms with Crippen molar-refractivity contribution < 1.29 is 9.53 Å². The lowest BCUT2D eigenvalue weighted by Gasteiger charge is -2.26. The summed E-state index contributed by atoms with van der Waals surface area (Å²) >= 11 is 0. The molecule has 0 aliphatic carbocycles. The molecule has 0 spiro atoms. The molecule has 1 atom stereocenters. The third-order valence-corrected chi connectivity index (χ3v) is 4.38. The molecule has 2 N–H and O–H groups in total. The zero-order valence-corrected chi connectivity index (χ0v) is 14.3. The molecule has 2 amide bonds. The highest BCUT2D eigenvalue weighted by Gasteiger charge is 2.22. The second kappa shape index (κ2) is 7.31. The number of nitrogens with one attached hydrogen (secondary N) is 2. The molecule has 3 aromatic rings. The summed E-state index contributed by atoms with van der Waals surface area (Å²) < 4.78 is 7.49. The lowest BCUT2D eigenvalue weighted by molar-refractivity contribution is 0.232. The number of para-hydroxylation sites is 1. The summed E-state index contributed by atoms with van der Waals surface area (Å²) in [5, 5.41) is 10.1. The van der Waals surface area contributed by atoms with Gasteiger partial charge in [-0.3, -0.25) is 4.68 Å². The highest BCUT2D eigenvalue weighted by Crippen LogP contribution is 2.31. The van der Waals surface area contributed by atoms with Gasteiger partial charge in [0, 0.05) is 30.1 Å². The molecule has 2 heterocycles. The smallest absolute Gasteiger partial charge is 0.319 e. The van der Waals surface area contributed by atoms with E-state index in [9.17, 15) is 4.79 Å². The van der Waals surface area contributed by atoms with E-state index in [0.717, 1.165) is 29.0 Å². The van der Waals surface area contributed by atoms with E-state index in [-0.39, 0.29) is 12.1 Å². The number of carbonyl (C=O) groups excluding carboxylic acids is 1. The molecule has 26 heavy (non-hydrogen) atoms. The first-order chi connectivity index (χ1) is 12.8. The fourth-order valence-corrected chi connectivity index (χ4v) is 3.09. The number of hydrogen-bond acceptors (Lipinski definition) is 3. The van der Waals surface area contributed by atoms with Crippen LogP contribution in [0.3, 0.4) is 0 Å². The summed E-state index contributed by atoms with van der Waals surface area (Å²) in [5.74, 6) is 0.840. The first kappa shape index (κ1) is 16.2. The maximum atomic E-state index is 12.4. The van der Waals surface area contributed by atoms with Crippen LogP contribution in [0.2, 0.25) is 0 Å². The van der Waals surface area contributed by atoms with Crippen LogP contribution in [0.1, 0.15) is 23.6 Å². The highest BCUT2D eigenvalue weighted by atomic mass is 16.5. The van der Waals surface area contributed by atoms with Crippen LogP contribution in [0.15, 0.2) is 67.0 Å². The van der Waals surface area contributed by atoms with Gasteiger partial charge in [0.1, 0.15) is 5.75 Å². The van der Waals surface area contributed by atoms with Crippen molar-refractivity contribution in [1.29, 1.82) is 0 Å². The molecule has 2 aromatic carbocycles. The molecule has 6 heteroatoms. The van der Waals surface area contributed by atoms with Crippen molar-refractivity contribution >= 4 is 11.7 Å². The summed E-state index contributed by atoms with van der Waals surface area (Å²) in [4.78, 5) is 12.4. The number of fused-ring (bicyclic) bond motifs is 1. The Kier molecular flexibility index (Phi) is 4.55. The summed E-state index contributed by atoms with van der Waals surface area (Å²) in [6.45, 7) is 1.31. The topological polar surface area (TPSA) is 68.2 Å². The van der Waals surface area contributed by atoms with Crippen molar-refractivity contribution in [1.82, 2.24) is 15.1 Å². The maximum Gasteiger partial charge on any atom is 0.319 e. The molecular formula is C20H20N4O2. The third-order valence-electron chi connectivity index (χ3n) is 4.38. The van der Waals surface area contributed by atoms with E-state index >= 15 is 0 Å². The zero-order chi connectivity index (χ0) is 17.8. The van der Waals surface area contributed by atoms with E-state index in [1.54, 1.807) is 6.20 Å². The van der Waals surface area contributed by atoms with E-state index < -0.39 is 0 Å². The van der Waals surface area contributed by atoms with E-state index in [1.807, 2.05) is 65.5 Å². The molecule has 1 aromatic heterocycles. The normalized spacial score (nSPS) is 15.6. The standard InChI is InChI=1S/C20H20N4O2/c25-20(23-18-10-13-26-19-5-2-1-4-17(18)19)22-16-8-6-15(7-9-16)14-24-12-3-11-21-24/h1-9,11-12,18H,10,13-14H2,(H2,22,23,25). The number of rotatable bonds is 4. The fraction of sp³-hybridized carbons (Fsp3) is 0.200. The second-order valence-electron chi connectivity index (χ2n) is 6.23. The van der Waals surface area contributed by atoms with Crippen LogP contribution in [-0.2, 0) is 6.54 Å².